The summed E-state index contributed by atoms with van der Waals surface area (Å²) in [6.45, 7) is 6.46. The van der Waals surface area contributed by atoms with E-state index in [1.54, 1.807) is 0 Å². The molecule has 0 radical (unpaired) electrons. The molecule has 0 fully saturated rings. The molecule has 0 aliphatic rings. The molecule has 124 valence electrons. The minimum Gasteiger partial charge on any atom is -0.485 e. The number of aromatic nitrogens is 1. The van der Waals surface area contributed by atoms with Gasteiger partial charge in [0.05, 0.1) is 0 Å². The van der Waals surface area contributed by atoms with Crippen LogP contribution in [-0.2, 0) is 12.5 Å². The molecular formula is C21H23NO2. The molecule has 0 aliphatic carbocycles. The minimum atomic E-state index is -0.0287. The number of carbonyl (C=O) groups excluding carboxylic acids is 1. The Balaban J connectivity index is 1.84. The highest BCUT2D eigenvalue weighted by molar-refractivity contribution is 6.08. The summed E-state index contributed by atoms with van der Waals surface area (Å²) in [7, 11) is 1.95. The largest absolute Gasteiger partial charge is 0.485 e. The Morgan fingerprint density at radius 2 is 1.71 bits per heavy atom. The number of hydrogen-bond acceptors (Lipinski definition) is 2. The van der Waals surface area contributed by atoms with Crippen LogP contribution >= 0.6 is 0 Å². The molecule has 0 bridgehead atoms. The molecule has 0 saturated heterocycles. The molecule has 24 heavy (non-hydrogen) atoms. The normalized spacial score (nSPS) is 11.7. The van der Waals surface area contributed by atoms with Crippen molar-refractivity contribution in [3.63, 3.8) is 0 Å². The first-order valence-electron chi connectivity index (χ1n) is 8.17. The summed E-state index contributed by atoms with van der Waals surface area (Å²) in [6.07, 6.45) is 1.88. The highest BCUT2D eigenvalue weighted by Gasteiger charge is 2.20. The maximum Gasteiger partial charge on any atom is 0.202 e. The maximum absolute atomic E-state index is 12.7. The Labute approximate surface area is 142 Å². The number of Topliss-reactive ketones (excluding diaryl/α,β-unsaturated/α-hetero) is 1. The van der Waals surface area contributed by atoms with Crippen LogP contribution in [0.25, 0.3) is 10.9 Å². The maximum atomic E-state index is 12.7. The van der Waals surface area contributed by atoms with Gasteiger partial charge in [-0.05, 0) is 23.1 Å². The van der Waals surface area contributed by atoms with E-state index >= 15 is 0 Å². The lowest BCUT2D eigenvalue weighted by Gasteiger charge is -2.22. The van der Waals surface area contributed by atoms with Gasteiger partial charge in [0, 0.05) is 29.7 Å². The fourth-order valence-electron chi connectivity index (χ4n) is 3.00. The third kappa shape index (κ3) is 3.07. The molecule has 0 aliphatic heterocycles. The van der Waals surface area contributed by atoms with Crippen molar-refractivity contribution in [2.75, 3.05) is 6.61 Å². The predicted octanol–water partition coefficient (Wildman–Crippen LogP) is 4.74. The van der Waals surface area contributed by atoms with E-state index in [-0.39, 0.29) is 17.8 Å². The molecule has 1 aromatic heterocycles. The van der Waals surface area contributed by atoms with Gasteiger partial charge in [-0.1, -0.05) is 57.2 Å². The van der Waals surface area contributed by atoms with E-state index in [1.165, 1.54) is 0 Å². The number of aryl methyl sites for hydroxylation is 1. The second-order valence-electron chi connectivity index (χ2n) is 7.13. The summed E-state index contributed by atoms with van der Waals surface area (Å²) < 4.78 is 7.86. The van der Waals surface area contributed by atoms with Crippen LogP contribution in [0.1, 0.15) is 36.7 Å². The van der Waals surface area contributed by atoms with Gasteiger partial charge in [-0.15, -0.1) is 0 Å². The first-order valence-corrected chi connectivity index (χ1v) is 8.17. The molecule has 0 amide bonds. The van der Waals surface area contributed by atoms with E-state index in [0.29, 0.717) is 5.56 Å². The van der Waals surface area contributed by atoms with E-state index in [2.05, 4.69) is 26.8 Å². The lowest BCUT2D eigenvalue weighted by atomic mass is 9.86. The number of benzene rings is 2. The summed E-state index contributed by atoms with van der Waals surface area (Å²) in [5.74, 6) is 0.772. The fourth-order valence-corrected chi connectivity index (χ4v) is 3.00. The van der Waals surface area contributed by atoms with Gasteiger partial charge in [0.15, 0.2) is 6.61 Å². The number of hydrogen-bond donors (Lipinski definition) is 0. The van der Waals surface area contributed by atoms with Gasteiger partial charge in [-0.3, -0.25) is 4.79 Å². The average molecular weight is 321 g/mol. The monoisotopic (exact) mass is 321 g/mol. The summed E-state index contributed by atoms with van der Waals surface area (Å²) >= 11 is 0. The lowest BCUT2D eigenvalue weighted by Crippen LogP contribution is -2.16. The number of rotatable bonds is 4. The average Bonchev–Trinajstić information content (AvgIpc) is 2.90. The number of nitrogens with zero attached hydrogens (tertiary/aromatic N) is 1. The van der Waals surface area contributed by atoms with Gasteiger partial charge in [0.25, 0.3) is 0 Å². The van der Waals surface area contributed by atoms with Crippen LogP contribution in [0.2, 0.25) is 0 Å². The molecular weight excluding hydrogens is 298 g/mol. The number of ketones is 1. The van der Waals surface area contributed by atoms with Gasteiger partial charge in [0.1, 0.15) is 5.75 Å². The molecule has 0 atom stereocenters. The van der Waals surface area contributed by atoms with Crippen molar-refractivity contribution >= 4 is 16.7 Å². The van der Waals surface area contributed by atoms with Gasteiger partial charge < -0.3 is 9.30 Å². The first-order chi connectivity index (χ1) is 11.4. The second kappa shape index (κ2) is 6.16. The van der Waals surface area contributed by atoms with Gasteiger partial charge >= 0.3 is 0 Å². The molecule has 2 aromatic carbocycles. The van der Waals surface area contributed by atoms with Crippen molar-refractivity contribution < 1.29 is 9.53 Å². The van der Waals surface area contributed by atoms with Gasteiger partial charge in [0.2, 0.25) is 5.78 Å². The third-order valence-corrected chi connectivity index (χ3v) is 4.25. The van der Waals surface area contributed by atoms with Crippen molar-refractivity contribution in [1.82, 2.24) is 4.57 Å². The Morgan fingerprint density at radius 3 is 2.46 bits per heavy atom. The SMILES string of the molecule is Cn1cc(C(=O)COc2ccccc2C(C)(C)C)c2ccccc21. The van der Waals surface area contributed by atoms with Gasteiger partial charge in [-0.25, -0.2) is 0 Å². The van der Waals surface area contributed by atoms with E-state index in [4.69, 9.17) is 4.74 Å². The van der Waals surface area contributed by atoms with Crippen molar-refractivity contribution in [3.05, 3.63) is 65.9 Å². The predicted molar refractivity (Wildman–Crippen MR) is 97.9 cm³/mol. The number of fused-ring (bicyclic) bond motifs is 1. The molecule has 3 nitrogen and oxygen atoms in total. The van der Waals surface area contributed by atoms with Gasteiger partial charge in [-0.2, -0.15) is 0 Å². The Morgan fingerprint density at radius 1 is 1.04 bits per heavy atom. The Hall–Kier alpha value is -2.55. The Kier molecular flexibility index (Phi) is 4.18. The zero-order valence-electron chi connectivity index (χ0n) is 14.7. The van der Waals surface area contributed by atoms with Crippen LogP contribution in [-0.4, -0.2) is 17.0 Å². The molecule has 3 aromatic rings. The number of ether oxygens (including phenoxy) is 1. The van der Waals surface area contributed by atoms with Crippen LogP contribution in [0, 0.1) is 0 Å². The zero-order chi connectivity index (χ0) is 17.3. The molecule has 3 rings (SSSR count). The van der Waals surface area contributed by atoms with E-state index in [0.717, 1.165) is 22.2 Å². The summed E-state index contributed by atoms with van der Waals surface area (Å²) in [5, 5.41) is 0.970. The van der Waals surface area contributed by atoms with Crippen LogP contribution < -0.4 is 4.74 Å². The standard InChI is InChI=1S/C21H23NO2/c1-21(2,3)17-10-6-8-12-20(17)24-14-19(23)16-13-22(4)18-11-7-5-9-15(16)18/h5-13H,14H2,1-4H3. The Bertz CT molecular complexity index is 884. The van der Waals surface area contributed by atoms with E-state index in [1.807, 2.05) is 60.3 Å². The van der Waals surface area contributed by atoms with E-state index < -0.39 is 0 Å². The third-order valence-electron chi connectivity index (χ3n) is 4.25. The second-order valence-corrected chi connectivity index (χ2v) is 7.13. The fraction of sp³-hybridized carbons (Fsp3) is 0.286. The molecule has 0 unspecified atom stereocenters. The lowest BCUT2D eigenvalue weighted by molar-refractivity contribution is 0.0921. The van der Waals surface area contributed by atoms with Crippen LogP contribution in [0.4, 0.5) is 0 Å². The molecule has 0 saturated carbocycles. The minimum absolute atomic E-state index is 0.00416. The van der Waals surface area contributed by atoms with Crippen molar-refractivity contribution in [2.24, 2.45) is 7.05 Å². The molecule has 0 N–H and O–H groups in total. The number of carbonyl (C=O) groups is 1. The summed E-state index contributed by atoms with van der Waals surface area (Å²) in [4.78, 5) is 12.7. The summed E-state index contributed by atoms with van der Waals surface area (Å²) in [6, 6.07) is 15.8. The summed E-state index contributed by atoms with van der Waals surface area (Å²) in [5.41, 5.74) is 2.84. The van der Waals surface area contributed by atoms with Crippen molar-refractivity contribution in [1.29, 1.82) is 0 Å². The quantitative estimate of drug-likeness (QED) is 0.650. The van der Waals surface area contributed by atoms with Crippen LogP contribution in [0.15, 0.2) is 54.7 Å². The zero-order valence-corrected chi connectivity index (χ0v) is 14.7. The van der Waals surface area contributed by atoms with Crippen LogP contribution in [0.3, 0.4) is 0 Å². The smallest absolute Gasteiger partial charge is 0.202 e. The number of para-hydroxylation sites is 2. The van der Waals surface area contributed by atoms with Crippen LogP contribution in [0.5, 0.6) is 5.75 Å². The topological polar surface area (TPSA) is 31.2 Å². The highest BCUT2D eigenvalue weighted by Crippen LogP contribution is 2.31. The van der Waals surface area contributed by atoms with Crippen molar-refractivity contribution in [3.8, 4) is 5.75 Å². The molecule has 3 heteroatoms. The van der Waals surface area contributed by atoms with Crippen molar-refractivity contribution in [2.45, 2.75) is 26.2 Å². The molecule has 1 heterocycles. The highest BCUT2D eigenvalue weighted by atomic mass is 16.5. The van der Waals surface area contributed by atoms with E-state index in [9.17, 15) is 4.79 Å². The molecule has 0 spiro atoms. The first kappa shape index (κ1) is 16.3.